The molecule has 0 aliphatic carbocycles. The summed E-state index contributed by atoms with van der Waals surface area (Å²) in [5.74, 6) is 1.20. The molecule has 3 aromatic carbocycles. The number of rotatable bonds is 8. The zero-order valence-corrected chi connectivity index (χ0v) is 23.2. The van der Waals surface area contributed by atoms with Gasteiger partial charge in [-0.05, 0) is 67.9 Å². The summed E-state index contributed by atoms with van der Waals surface area (Å²) in [6.07, 6.45) is 0. The Kier molecular flexibility index (Phi) is 7.21. The maximum atomic E-state index is 14.2. The number of anilines is 1. The van der Waals surface area contributed by atoms with Crippen LogP contribution in [-0.2, 0) is 17.9 Å². The Hall–Kier alpha value is -4.79. The maximum Gasteiger partial charge on any atom is 0.277 e. The van der Waals surface area contributed by atoms with Gasteiger partial charge in [0, 0.05) is 17.7 Å². The van der Waals surface area contributed by atoms with Crippen molar-refractivity contribution in [3.05, 3.63) is 89.6 Å². The predicted octanol–water partition coefficient (Wildman–Crippen LogP) is 4.62. The second kappa shape index (κ2) is 10.8. The van der Waals surface area contributed by atoms with Gasteiger partial charge in [0.1, 0.15) is 28.5 Å². The van der Waals surface area contributed by atoms with E-state index in [0.717, 1.165) is 22.4 Å². The topological polar surface area (TPSA) is 94.9 Å². The van der Waals surface area contributed by atoms with Gasteiger partial charge in [0.2, 0.25) is 5.91 Å². The normalized spacial score (nSPS) is 16.3. The molecule has 0 saturated heterocycles. The Morgan fingerprint density at radius 1 is 0.950 bits per heavy atom. The predicted molar refractivity (Wildman–Crippen MR) is 152 cm³/mol. The highest BCUT2D eigenvalue weighted by molar-refractivity contribution is 6.12. The summed E-state index contributed by atoms with van der Waals surface area (Å²) in [7, 11) is 4.75. The Bertz CT molecular complexity index is 1560. The lowest BCUT2D eigenvalue weighted by Gasteiger charge is -2.43. The lowest BCUT2D eigenvalue weighted by molar-refractivity contribution is -0.126. The van der Waals surface area contributed by atoms with Crippen LogP contribution in [0.4, 0.5) is 5.69 Å². The molecule has 5 rings (SSSR count). The van der Waals surface area contributed by atoms with Crippen molar-refractivity contribution in [2.24, 2.45) is 0 Å². The lowest BCUT2D eigenvalue weighted by atomic mass is 9.93. The van der Waals surface area contributed by atoms with Crippen LogP contribution in [0.5, 0.6) is 17.2 Å². The number of aromatic nitrogens is 2. The molecular formula is C31H32N4O5. The highest BCUT2D eigenvalue weighted by Crippen LogP contribution is 2.39. The number of nitrogens with zero attached hydrogens (tertiary/aromatic N) is 3. The summed E-state index contributed by atoms with van der Waals surface area (Å²) in [6.45, 7) is 4.05. The second-order valence-corrected chi connectivity index (χ2v) is 9.89. The van der Waals surface area contributed by atoms with Gasteiger partial charge in [-0.3, -0.25) is 19.2 Å². The van der Waals surface area contributed by atoms with Gasteiger partial charge in [0.05, 0.1) is 39.3 Å². The number of hydrogen-bond donors (Lipinski definition) is 1. The number of carbonyl (C=O) groups excluding carboxylic acids is 2. The number of carbonyl (C=O) groups is 2. The molecule has 2 heterocycles. The number of hydrogen-bond acceptors (Lipinski definition) is 6. The minimum atomic E-state index is -1.32. The Morgan fingerprint density at radius 2 is 1.68 bits per heavy atom. The van der Waals surface area contributed by atoms with Crippen molar-refractivity contribution in [2.45, 2.75) is 32.5 Å². The van der Waals surface area contributed by atoms with Gasteiger partial charge in [-0.1, -0.05) is 24.3 Å². The zero-order valence-electron chi connectivity index (χ0n) is 23.2. The highest BCUT2D eigenvalue weighted by Gasteiger charge is 2.49. The van der Waals surface area contributed by atoms with Gasteiger partial charge in [0.15, 0.2) is 0 Å². The van der Waals surface area contributed by atoms with Gasteiger partial charge in [-0.25, -0.2) is 0 Å². The van der Waals surface area contributed by atoms with Crippen LogP contribution in [0.25, 0.3) is 11.3 Å². The molecule has 0 spiro atoms. The van der Waals surface area contributed by atoms with Gasteiger partial charge < -0.3 is 19.5 Å². The standard InChI is InChI=1S/C31H32N4O5/c1-20-10-15-28(40-5)25(16-20)35-29(36)26-17-24(21-11-13-23(38-3)14-12-21)33-34(26)19-31(35,2)30(37)32-18-22-8-6-7-9-27(22)39-4/h6-17H,18-19H2,1-5H3,(H,32,37)/t31-/m1/s1. The molecule has 4 aromatic rings. The van der Waals surface area contributed by atoms with Gasteiger partial charge >= 0.3 is 0 Å². The van der Waals surface area contributed by atoms with E-state index in [4.69, 9.17) is 19.3 Å². The fourth-order valence-corrected chi connectivity index (χ4v) is 5.05. The van der Waals surface area contributed by atoms with E-state index in [-0.39, 0.29) is 24.9 Å². The highest BCUT2D eigenvalue weighted by atomic mass is 16.5. The molecule has 0 fully saturated rings. The van der Waals surface area contributed by atoms with Crippen molar-refractivity contribution in [1.82, 2.24) is 15.1 Å². The quantitative estimate of drug-likeness (QED) is 0.351. The lowest BCUT2D eigenvalue weighted by Crippen LogP contribution is -2.64. The van der Waals surface area contributed by atoms with E-state index in [2.05, 4.69) is 5.32 Å². The van der Waals surface area contributed by atoms with E-state index in [1.165, 1.54) is 4.90 Å². The number of amides is 2. The van der Waals surface area contributed by atoms with Gasteiger partial charge in [-0.15, -0.1) is 0 Å². The first-order valence-corrected chi connectivity index (χ1v) is 12.9. The van der Waals surface area contributed by atoms with Crippen molar-refractivity contribution in [2.75, 3.05) is 26.2 Å². The van der Waals surface area contributed by atoms with Crippen molar-refractivity contribution < 1.29 is 23.8 Å². The van der Waals surface area contributed by atoms with Crippen molar-refractivity contribution >= 4 is 17.5 Å². The second-order valence-electron chi connectivity index (χ2n) is 9.89. The summed E-state index contributed by atoms with van der Waals surface area (Å²) in [6, 6.07) is 22.3. The molecule has 0 radical (unpaired) electrons. The molecule has 1 N–H and O–H groups in total. The molecule has 0 saturated carbocycles. The van der Waals surface area contributed by atoms with E-state index in [9.17, 15) is 9.59 Å². The van der Waals surface area contributed by atoms with Crippen LogP contribution in [0.3, 0.4) is 0 Å². The van der Waals surface area contributed by atoms with Crippen LogP contribution < -0.4 is 24.4 Å². The van der Waals surface area contributed by atoms with E-state index >= 15 is 0 Å². The monoisotopic (exact) mass is 540 g/mol. The minimum absolute atomic E-state index is 0.138. The number of fused-ring (bicyclic) bond motifs is 1. The summed E-state index contributed by atoms with van der Waals surface area (Å²) < 4.78 is 18.0. The maximum absolute atomic E-state index is 14.2. The number of methoxy groups -OCH3 is 3. The van der Waals surface area contributed by atoms with Crippen molar-refractivity contribution in [3.8, 4) is 28.5 Å². The van der Waals surface area contributed by atoms with Gasteiger partial charge in [0.25, 0.3) is 5.91 Å². The van der Waals surface area contributed by atoms with E-state index in [0.29, 0.717) is 28.6 Å². The third-order valence-electron chi connectivity index (χ3n) is 7.24. The van der Waals surface area contributed by atoms with Crippen LogP contribution in [0.1, 0.15) is 28.5 Å². The smallest absolute Gasteiger partial charge is 0.277 e. The summed E-state index contributed by atoms with van der Waals surface area (Å²) >= 11 is 0. The number of para-hydroxylation sites is 1. The van der Waals surface area contributed by atoms with Crippen molar-refractivity contribution in [3.63, 3.8) is 0 Å². The van der Waals surface area contributed by atoms with Crippen LogP contribution in [0, 0.1) is 6.92 Å². The van der Waals surface area contributed by atoms with Gasteiger partial charge in [-0.2, -0.15) is 5.10 Å². The largest absolute Gasteiger partial charge is 0.497 e. The molecule has 9 heteroatoms. The third-order valence-corrected chi connectivity index (χ3v) is 7.24. The fourth-order valence-electron chi connectivity index (χ4n) is 5.05. The molecular weight excluding hydrogens is 508 g/mol. The first kappa shape index (κ1) is 26.8. The van der Waals surface area contributed by atoms with Crippen LogP contribution in [-0.4, -0.2) is 48.5 Å². The Balaban J connectivity index is 1.57. The molecule has 0 unspecified atom stereocenters. The summed E-state index contributed by atoms with van der Waals surface area (Å²) in [5, 5.41) is 7.77. The molecule has 206 valence electrons. The summed E-state index contributed by atoms with van der Waals surface area (Å²) in [4.78, 5) is 29.8. The van der Waals surface area contributed by atoms with E-state index in [1.807, 2.05) is 67.6 Å². The number of benzene rings is 3. The average molecular weight is 541 g/mol. The SMILES string of the molecule is COc1ccc(-c2cc3n(n2)C[C@](C)(C(=O)NCc2ccccc2OC)N(c2cc(C)ccc2OC)C3=O)cc1. The minimum Gasteiger partial charge on any atom is -0.497 e. The molecule has 1 atom stereocenters. The molecule has 1 aliphatic heterocycles. The average Bonchev–Trinajstić information content (AvgIpc) is 3.40. The number of aryl methyl sites for hydroxylation is 1. The van der Waals surface area contributed by atoms with Crippen LogP contribution in [0.2, 0.25) is 0 Å². The first-order valence-electron chi connectivity index (χ1n) is 12.9. The fraction of sp³-hybridized carbons (Fsp3) is 0.258. The molecule has 1 aromatic heterocycles. The molecule has 40 heavy (non-hydrogen) atoms. The molecule has 1 aliphatic rings. The molecule has 9 nitrogen and oxygen atoms in total. The van der Waals surface area contributed by atoms with E-state index in [1.54, 1.807) is 45.1 Å². The molecule has 0 bridgehead atoms. The number of nitrogens with one attached hydrogen (secondary N) is 1. The van der Waals surface area contributed by atoms with E-state index < -0.39 is 5.54 Å². The van der Waals surface area contributed by atoms with Crippen molar-refractivity contribution in [1.29, 1.82) is 0 Å². The zero-order chi connectivity index (χ0) is 28.4. The number of ether oxygens (including phenoxy) is 3. The summed E-state index contributed by atoms with van der Waals surface area (Å²) in [5.41, 5.74) is 2.78. The van der Waals surface area contributed by atoms with Crippen LogP contribution >= 0.6 is 0 Å². The molecule has 2 amide bonds. The van der Waals surface area contributed by atoms with Crippen LogP contribution in [0.15, 0.2) is 72.8 Å². The Morgan fingerprint density at radius 3 is 2.38 bits per heavy atom. The Labute approximate surface area is 233 Å². The first-order chi connectivity index (χ1) is 19.3. The third kappa shape index (κ3) is 4.75.